The lowest BCUT2D eigenvalue weighted by Crippen LogP contribution is -2.01. The molecule has 0 fully saturated rings. The first-order chi connectivity index (χ1) is 15.4. The maximum absolute atomic E-state index is 13.2. The molecule has 0 radical (unpaired) electrons. The Morgan fingerprint density at radius 1 is 1.12 bits per heavy atom. The van der Waals surface area contributed by atoms with Gasteiger partial charge in [0.1, 0.15) is 23.9 Å². The Balaban J connectivity index is 1.53. The lowest BCUT2D eigenvalue weighted by atomic mass is 10.0. The van der Waals surface area contributed by atoms with Gasteiger partial charge in [0.15, 0.2) is 5.76 Å². The first-order valence-corrected chi connectivity index (χ1v) is 10.1. The SMILES string of the molecule is COC(=O)c1ccc(/C=C2\Oc3cc(OCc4ccc(F)cc4Cl)cc(C)c3C2=O)cc1. The number of fused-ring (bicyclic) bond motifs is 1. The molecule has 1 aliphatic rings. The van der Waals surface area contributed by atoms with Crippen LogP contribution >= 0.6 is 11.6 Å². The number of carbonyl (C=O) groups excluding carboxylic acids is 2. The van der Waals surface area contributed by atoms with Gasteiger partial charge in [-0.25, -0.2) is 9.18 Å². The number of aryl methyl sites for hydroxylation is 1. The average molecular weight is 453 g/mol. The highest BCUT2D eigenvalue weighted by atomic mass is 35.5. The van der Waals surface area contributed by atoms with Gasteiger partial charge in [0.2, 0.25) is 5.78 Å². The molecule has 32 heavy (non-hydrogen) atoms. The van der Waals surface area contributed by atoms with Crippen LogP contribution in [0.4, 0.5) is 4.39 Å². The van der Waals surface area contributed by atoms with Gasteiger partial charge < -0.3 is 14.2 Å². The summed E-state index contributed by atoms with van der Waals surface area (Å²) in [5.74, 6) is -0.0192. The van der Waals surface area contributed by atoms with Crippen molar-refractivity contribution in [1.29, 1.82) is 0 Å². The van der Waals surface area contributed by atoms with Crippen molar-refractivity contribution in [2.75, 3.05) is 7.11 Å². The van der Waals surface area contributed by atoms with Gasteiger partial charge in [0.05, 0.1) is 23.3 Å². The van der Waals surface area contributed by atoms with Crippen molar-refractivity contribution in [3.63, 3.8) is 0 Å². The molecule has 4 rings (SSSR count). The Hall–Kier alpha value is -3.64. The highest BCUT2D eigenvalue weighted by Crippen LogP contribution is 2.38. The number of carbonyl (C=O) groups is 2. The van der Waals surface area contributed by atoms with E-state index >= 15 is 0 Å². The average Bonchev–Trinajstić information content (AvgIpc) is 3.08. The summed E-state index contributed by atoms with van der Waals surface area (Å²) < 4.78 is 29.5. The summed E-state index contributed by atoms with van der Waals surface area (Å²) in [5.41, 5.74) is 2.93. The van der Waals surface area contributed by atoms with E-state index in [0.29, 0.717) is 39.3 Å². The van der Waals surface area contributed by atoms with Crippen molar-refractivity contribution < 1.29 is 28.2 Å². The zero-order valence-corrected chi connectivity index (χ0v) is 18.0. The number of benzene rings is 3. The molecule has 7 heteroatoms. The zero-order chi connectivity index (χ0) is 22.8. The molecule has 3 aromatic carbocycles. The molecule has 0 aromatic heterocycles. The fraction of sp³-hybridized carbons (Fsp3) is 0.120. The van der Waals surface area contributed by atoms with Crippen LogP contribution in [-0.4, -0.2) is 18.9 Å². The molecule has 0 saturated heterocycles. The molecule has 0 bridgehead atoms. The summed E-state index contributed by atoms with van der Waals surface area (Å²) in [7, 11) is 1.31. The van der Waals surface area contributed by atoms with Crippen LogP contribution in [0.2, 0.25) is 5.02 Å². The summed E-state index contributed by atoms with van der Waals surface area (Å²) in [6.07, 6.45) is 1.61. The van der Waals surface area contributed by atoms with Gasteiger partial charge in [0.25, 0.3) is 0 Å². The first-order valence-electron chi connectivity index (χ1n) is 9.69. The Labute approximate surface area is 189 Å². The molecule has 0 aliphatic carbocycles. The van der Waals surface area contributed by atoms with Crippen LogP contribution in [0.3, 0.4) is 0 Å². The van der Waals surface area contributed by atoms with Crippen molar-refractivity contribution >= 4 is 29.4 Å². The van der Waals surface area contributed by atoms with Crippen LogP contribution in [0.15, 0.2) is 60.4 Å². The van der Waals surface area contributed by atoms with Crippen molar-refractivity contribution in [2.24, 2.45) is 0 Å². The van der Waals surface area contributed by atoms with Gasteiger partial charge in [-0.15, -0.1) is 0 Å². The Bertz CT molecular complexity index is 1250. The first kappa shape index (κ1) is 21.6. The second-order valence-corrected chi connectivity index (χ2v) is 7.60. The summed E-state index contributed by atoms with van der Waals surface area (Å²) in [4.78, 5) is 24.4. The summed E-state index contributed by atoms with van der Waals surface area (Å²) in [6, 6.07) is 14.1. The van der Waals surface area contributed by atoms with E-state index in [9.17, 15) is 14.0 Å². The Morgan fingerprint density at radius 2 is 1.88 bits per heavy atom. The lowest BCUT2D eigenvalue weighted by molar-refractivity contribution is 0.0600. The summed E-state index contributed by atoms with van der Waals surface area (Å²) in [5, 5.41) is 0.276. The summed E-state index contributed by atoms with van der Waals surface area (Å²) >= 11 is 6.05. The van der Waals surface area contributed by atoms with E-state index in [0.717, 1.165) is 0 Å². The Morgan fingerprint density at radius 3 is 2.56 bits per heavy atom. The van der Waals surface area contributed by atoms with Gasteiger partial charge in [-0.1, -0.05) is 29.8 Å². The largest absolute Gasteiger partial charge is 0.489 e. The van der Waals surface area contributed by atoms with Gasteiger partial charge in [-0.2, -0.15) is 0 Å². The van der Waals surface area contributed by atoms with Crippen LogP contribution in [-0.2, 0) is 11.3 Å². The third-order valence-corrected chi connectivity index (χ3v) is 5.33. The molecule has 3 aromatic rings. The standard InChI is InChI=1S/C25H18ClFO5/c1-14-9-19(31-13-17-7-8-18(27)11-20(17)26)12-21-23(14)24(28)22(32-21)10-15-3-5-16(6-4-15)25(29)30-2/h3-12H,13H2,1-2H3/b22-10-. The van der Waals surface area contributed by atoms with Crippen LogP contribution < -0.4 is 9.47 Å². The molecule has 0 N–H and O–H groups in total. The molecule has 1 heterocycles. The van der Waals surface area contributed by atoms with Gasteiger partial charge >= 0.3 is 5.97 Å². The molecule has 0 amide bonds. The van der Waals surface area contributed by atoms with E-state index in [1.165, 1.54) is 19.2 Å². The van der Waals surface area contributed by atoms with E-state index in [4.69, 9.17) is 21.1 Å². The second-order valence-electron chi connectivity index (χ2n) is 7.19. The fourth-order valence-corrected chi connectivity index (χ4v) is 3.57. The Kier molecular flexibility index (Phi) is 5.97. The number of esters is 1. The van der Waals surface area contributed by atoms with E-state index in [-0.39, 0.29) is 23.2 Å². The molecule has 0 unspecified atom stereocenters. The van der Waals surface area contributed by atoms with Crippen molar-refractivity contribution in [1.82, 2.24) is 0 Å². The third-order valence-electron chi connectivity index (χ3n) is 4.98. The number of ketones is 1. The van der Waals surface area contributed by atoms with Crippen molar-refractivity contribution in [2.45, 2.75) is 13.5 Å². The number of ether oxygens (including phenoxy) is 3. The van der Waals surface area contributed by atoms with Gasteiger partial charge in [-0.3, -0.25) is 4.79 Å². The number of rotatable bonds is 5. The van der Waals surface area contributed by atoms with Gasteiger partial charge in [0, 0.05) is 11.6 Å². The zero-order valence-electron chi connectivity index (χ0n) is 17.3. The van der Waals surface area contributed by atoms with Crippen LogP contribution in [0, 0.1) is 12.7 Å². The lowest BCUT2D eigenvalue weighted by Gasteiger charge is -2.10. The highest BCUT2D eigenvalue weighted by Gasteiger charge is 2.30. The normalized spacial score (nSPS) is 13.6. The fourth-order valence-electron chi connectivity index (χ4n) is 3.35. The number of allylic oxidation sites excluding steroid dienone is 1. The number of methoxy groups -OCH3 is 1. The van der Waals surface area contributed by atoms with E-state index < -0.39 is 11.8 Å². The topological polar surface area (TPSA) is 61.8 Å². The summed E-state index contributed by atoms with van der Waals surface area (Å²) in [6.45, 7) is 1.94. The monoisotopic (exact) mass is 452 g/mol. The maximum atomic E-state index is 13.2. The van der Waals surface area contributed by atoms with Crippen molar-refractivity contribution in [3.05, 3.63) is 99.0 Å². The molecule has 162 valence electrons. The van der Waals surface area contributed by atoms with Gasteiger partial charge in [-0.05, 0) is 54.5 Å². The highest BCUT2D eigenvalue weighted by molar-refractivity contribution is 6.31. The molecular formula is C25H18ClFO5. The molecule has 1 aliphatic heterocycles. The van der Waals surface area contributed by atoms with Crippen LogP contribution in [0.5, 0.6) is 11.5 Å². The van der Waals surface area contributed by atoms with E-state index in [1.807, 2.05) is 0 Å². The van der Waals surface area contributed by atoms with Crippen molar-refractivity contribution in [3.8, 4) is 11.5 Å². The van der Waals surface area contributed by atoms with Crippen LogP contribution in [0.1, 0.15) is 37.4 Å². The second kappa shape index (κ2) is 8.85. The minimum Gasteiger partial charge on any atom is -0.489 e. The predicted octanol–water partition coefficient (Wildman–Crippen LogP) is 5.77. The van der Waals surface area contributed by atoms with E-state index in [2.05, 4.69) is 4.74 Å². The van der Waals surface area contributed by atoms with Crippen LogP contribution in [0.25, 0.3) is 6.08 Å². The van der Waals surface area contributed by atoms with E-state index in [1.54, 1.807) is 55.5 Å². The quantitative estimate of drug-likeness (QED) is 0.363. The minimum absolute atomic E-state index is 0.139. The minimum atomic E-state index is -0.435. The third kappa shape index (κ3) is 4.36. The molecular weight excluding hydrogens is 435 g/mol. The molecule has 0 saturated carbocycles. The molecule has 0 atom stereocenters. The number of Topliss-reactive ketones (excluding diaryl/α,β-unsaturated/α-hetero) is 1. The molecule has 0 spiro atoms. The number of hydrogen-bond donors (Lipinski definition) is 0. The number of halogens is 2. The number of hydrogen-bond acceptors (Lipinski definition) is 5. The maximum Gasteiger partial charge on any atom is 0.337 e. The molecule has 5 nitrogen and oxygen atoms in total. The smallest absolute Gasteiger partial charge is 0.337 e. The predicted molar refractivity (Wildman–Crippen MR) is 118 cm³/mol.